The number of primary amides is 1. The third-order valence-electron chi connectivity index (χ3n) is 3.18. The Morgan fingerprint density at radius 2 is 2.20 bits per heavy atom. The largest absolute Gasteiger partial charge is 0.465 e. The molecule has 0 aromatic heterocycles. The Balaban J connectivity index is 2.18. The molecule has 2 aliphatic heterocycles. The van der Waals surface area contributed by atoms with Gasteiger partial charge in [0.2, 0.25) is 5.91 Å². The van der Waals surface area contributed by atoms with Crippen molar-refractivity contribution in [1.82, 2.24) is 9.96 Å². The van der Waals surface area contributed by atoms with Crippen molar-refractivity contribution < 1.29 is 28.3 Å². The lowest BCUT2D eigenvalue weighted by Gasteiger charge is -2.27. The fourth-order valence-corrected chi connectivity index (χ4v) is 2.34. The van der Waals surface area contributed by atoms with E-state index in [1.807, 2.05) is 0 Å². The van der Waals surface area contributed by atoms with Gasteiger partial charge in [-0.2, -0.15) is 5.06 Å². The molecule has 2 aliphatic rings. The van der Waals surface area contributed by atoms with Gasteiger partial charge in [0.1, 0.15) is 6.04 Å². The molecule has 2 N–H and O–H groups in total. The first kappa shape index (κ1) is 14.3. The molecule has 0 radical (unpaired) electrons. The van der Waals surface area contributed by atoms with Gasteiger partial charge in [0, 0.05) is 0 Å². The van der Waals surface area contributed by atoms with Crippen molar-refractivity contribution in [2.45, 2.75) is 25.4 Å². The van der Waals surface area contributed by atoms with Crippen LogP contribution >= 0.6 is 0 Å². The van der Waals surface area contributed by atoms with Crippen molar-refractivity contribution in [1.29, 1.82) is 0 Å². The number of hydroxylamine groups is 2. The highest BCUT2D eigenvalue weighted by atomic mass is 19.1. The number of nitrogens with zero attached hydrogens (tertiary/aromatic N) is 2. The Labute approximate surface area is 113 Å². The third kappa shape index (κ3) is 2.20. The van der Waals surface area contributed by atoms with Crippen LogP contribution in [0.1, 0.15) is 6.92 Å². The number of rotatable bonds is 4. The van der Waals surface area contributed by atoms with Gasteiger partial charge in [-0.05, 0) is 12.5 Å². The molecule has 2 bridgehead atoms. The van der Waals surface area contributed by atoms with E-state index in [2.05, 4.69) is 9.57 Å². The van der Waals surface area contributed by atoms with E-state index >= 15 is 0 Å². The minimum atomic E-state index is -2.41. The molecule has 110 valence electrons. The number of nitrogens with two attached hydrogens (primary N) is 1. The Bertz CT molecular complexity index is 494. The van der Waals surface area contributed by atoms with E-state index in [-0.39, 0.29) is 6.54 Å². The number of amides is 3. The molecule has 8 nitrogen and oxygen atoms in total. The van der Waals surface area contributed by atoms with Crippen LogP contribution in [0.25, 0.3) is 0 Å². The number of carbonyl (C=O) groups excluding carboxylic acids is 3. The van der Waals surface area contributed by atoms with Gasteiger partial charge in [-0.15, -0.1) is 0 Å². The molecule has 2 heterocycles. The smallest absolute Gasteiger partial charge is 0.370 e. The maximum Gasteiger partial charge on any atom is 0.370 e. The number of carbonyl (C=O) groups is 3. The molecule has 20 heavy (non-hydrogen) atoms. The molecule has 2 rings (SSSR count). The molecular formula is C11H14FN3O5. The van der Waals surface area contributed by atoms with Gasteiger partial charge in [-0.1, -0.05) is 6.08 Å². The molecule has 0 unspecified atom stereocenters. The lowest BCUT2D eigenvalue weighted by Crippen LogP contribution is -2.48. The molecule has 0 aromatic rings. The summed E-state index contributed by atoms with van der Waals surface area (Å²) in [7, 11) is 0.999. The minimum absolute atomic E-state index is 0.137. The van der Waals surface area contributed by atoms with Crippen LogP contribution in [0.4, 0.5) is 9.18 Å². The molecular weight excluding hydrogens is 273 g/mol. The number of halogens is 1. The average molecular weight is 287 g/mol. The molecule has 3 amide bonds. The maximum absolute atomic E-state index is 13.4. The van der Waals surface area contributed by atoms with Gasteiger partial charge < -0.3 is 15.4 Å². The highest BCUT2D eigenvalue weighted by Crippen LogP contribution is 2.29. The highest BCUT2D eigenvalue weighted by molar-refractivity contribution is 5.90. The number of urea groups is 1. The van der Waals surface area contributed by atoms with Crippen molar-refractivity contribution in [3.8, 4) is 0 Å². The maximum atomic E-state index is 13.4. The predicted octanol–water partition coefficient (Wildman–Crippen LogP) is -0.693. The zero-order chi connectivity index (χ0) is 15.0. The Morgan fingerprint density at radius 3 is 2.75 bits per heavy atom. The van der Waals surface area contributed by atoms with Gasteiger partial charge in [-0.3, -0.25) is 4.79 Å². The predicted molar refractivity (Wildman–Crippen MR) is 62.5 cm³/mol. The second-order valence-electron chi connectivity index (χ2n) is 4.49. The van der Waals surface area contributed by atoms with Crippen LogP contribution in [-0.2, 0) is 19.2 Å². The summed E-state index contributed by atoms with van der Waals surface area (Å²) in [6.45, 7) is 1.77. The number of hydrogen-bond donors (Lipinski definition) is 1. The quantitative estimate of drug-likeness (QED) is 0.544. The Hall–Kier alpha value is -2.16. The topological polar surface area (TPSA) is 102 Å². The fraction of sp³-hybridized carbons (Fsp3) is 0.545. The van der Waals surface area contributed by atoms with E-state index in [1.165, 1.54) is 4.90 Å². The molecule has 0 spiro atoms. The van der Waals surface area contributed by atoms with Crippen LogP contribution < -0.4 is 5.73 Å². The molecule has 1 fully saturated rings. The first-order chi connectivity index (χ1) is 9.36. The van der Waals surface area contributed by atoms with E-state index in [4.69, 9.17) is 5.73 Å². The third-order valence-corrected chi connectivity index (χ3v) is 3.18. The highest BCUT2D eigenvalue weighted by Gasteiger charge is 2.48. The van der Waals surface area contributed by atoms with Gasteiger partial charge in [0.05, 0.1) is 19.7 Å². The van der Waals surface area contributed by atoms with Gasteiger partial charge in [0.15, 0.2) is 0 Å². The number of alkyl halides is 1. The Morgan fingerprint density at radius 1 is 1.55 bits per heavy atom. The second kappa shape index (κ2) is 5.08. The zero-order valence-corrected chi connectivity index (χ0v) is 10.9. The fourth-order valence-electron chi connectivity index (χ4n) is 2.34. The van der Waals surface area contributed by atoms with Crippen molar-refractivity contribution in [3.05, 3.63) is 11.6 Å². The van der Waals surface area contributed by atoms with E-state index in [0.717, 1.165) is 7.11 Å². The van der Waals surface area contributed by atoms with E-state index in [0.29, 0.717) is 10.6 Å². The normalized spacial score (nSPS) is 26.4. The summed E-state index contributed by atoms with van der Waals surface area (Å²) >= 11 is 0. The number of esters is 1. The summed E-state index contributed by atoms with van der Waals surface area (Å²) in [5.41, 5.74) is 5.81. The van der Waals surface area contributed by atoms with Crippen molar-refractivity contribution in [2.75, 3.05) is 13.7 Å². The van der Waals surface area contributed by atoms with Crippen LogP contribution in [0, 0.1) is 0 Å². The van der Waals surface area contributed by atoms with Crippen LogP contribution in [-0.4, -0.2) is 60.0 Å². The van der Waals surface area contributed by atoms with Crippen LogP contribution in [0.3, 0.4) is 0 Å². The molecule has 0 aliphatic carbocycles. The van der Waals surface area contributed by atoms with Gasteiger partial charge in [0.25, 0.3) is 0 Å². The summed E-state index contributed by atoms with van der Waals surface area (Å²) in [5.74, 6) is -1.93. The zero-order valence-electron chi connectivity index (χ0n) is 10.9. The van der Waals surface area contributed by atoms with Gasteiger partial charge >= 0.3 is 18.4 Å². The molecule has 3 atom stereocenters. The number of fused-ring (bicyclic) bond motifs is 2. The van der Waals surface area contributed by atoms with Crippen molar-refractivity contribution >= 4 is 17.9 Å². The molecule has 0 aromatic carbocycles. The number of methoxy groups -OCH3 is 1. The van der Waals surface area contributed by atoms with Gasteiger partial charge in [-0.25, -0.2) is 18.8 Å². The summed E-state index contributed by atoms with van der Waals surface area (Å²) in [6.07, 6.45) is -0.828. The SMILES string of the molecule is COC(=O)[C@@H](F)ON1C(=O)N2C[C@H]1C=C(C)[C@H]2C(N)=O. The second-order valence-corrected chi connectivity index (χ2v) is 4.49. The van der Waals surface area contributed by atoms with Crippen molar-refractivity contribution in [2.24, 2.45) is 5.73 Å². The van der Waals surface area contributed by atoms with Crippen LogP contribution in [0.2, 0.25) is 0 Å². The summed E-state index contributed by atoms with van der Waals surface area (Å²) in [6, 6.07) is -2.19. The monoisotopic (exact) mass is 287 g/mol. The summed E-state index contributed by atoms with van der Waals surface area (Å²) in [4.78, 5) is 40.2. The number of ether oxygens (including phenoxy) is 1. The number of hydrogen-bond acceptors (Lipinski definition) is 5. The van der Waals surface area contributed by atoms with E-state index in [9.17, 15) is 18.8 Å². The standard InChI is InChI=1S/C11H14FN3O5/c1-5-3-6-4-14(7(5)9(13)16)11(18)15(6)20-8(12)10(17)19-2/h3,6-8H,4H2,1-2H3,(H2,13,16)/t6-,7+,8+/m1/s1. The molecule has 1 saturated heterocycles. The lowest BCUT2D eigenvalue weighted by molar-refractivity contribution is -0.221. The van der Waals surface area contributed by atoms with E-state index in [1.54, 1.807) is 13.0 Å². The molecule has 0 saturated carbocycles. The minimum Gasteiger partial charge on any atom is -0.465 e. The summed E-state index contributed by atoms with van der Waals surface area (Å²) < 4.78 is 17.6. The first-order valence-corrected chi connectivity index (χ1v) is 5.83. The van der Waals surface area contributed by atoms with Crippen LogP contribution in [0.15, 0.2) is 11.6 Å². The Kier molecular flexibility index (Phi) is 3.62. The van der Waals surface area contributed by atoms with E-state index < -0.39 is 36.3 Å². The summed E-state index contributed by atoms with van der Waals surface area (Å²) in [5, 5.41) is 0.716. The lowest BCUT2D eigenvalue weighted by atomic mass is 10.0. The van der Waals surface area contributed by atoms with Crippen LogP contribution in [0.5, 0.6) is 0 Å². The molecule has 9 heteroatoms. The van der Waals surface area contributed by atoms with Crippen molar-refractivity contribution in [3.63, 3.8) is 0 Å². The average Bonchev–Trinajstić information content (AvgIpc) is 2.62. The first-order valence-electron chi connectivity index (χ1n) is 5.83.